The zero-order valence-electron chi connectivity index (χ0n) is 13.8. The Morgan fingerprint density at radius 2 is 2.12 bits per heavy atom. The summed E-state index contributed by atoms with van der Waals surface area (Å²) in [5.41, 5.74) is 4.03. The van der Waals surface area contributed by atoms with Crippen LogP contribution in [0.5, 0.6) is 0 Å². The van der Waals surface area contributed by atoms with Crippen LogP contribution in [-0.4, -0.2) is 24.4 Å². The molecular weight excluding hydrogens is 382 g/mol. The van der Waals surface area contributed by atoms with Gasteiger partial charge in [-0.15, -0.1) is 0 Å². The molecule has 1 saturated heterocycles. The van der Waals surface area contributed by atoms with Crippen molar-refractivity contribution in [2.75, 3.05) is 22.1 Å². The molecule has 2 heterocycles. The summed E-state index contributed by atoms with van der Waals surface area (Å²) >= 11 is 3.45. The molecule has 6 heteroatoms. The molecule has 0 bridgehead atoms. The Morgan fingerprint density at radius 1 is 1.28 bits per heavy atom. The van der Waals surface area contributed by atoms with Gasteiger partial charge in [0, 0.05) is 22.3 Å². The van der Waals surface area contributed by atoms with E-state index in [1.165, 1.54) is 0 Å². The Labute approximate surface area is 154 Å². The number of amides is 2. The van der Waals surface area contributed by atoms with Crippen molar-refractivity contribution in [2.45, 2.75) is 25.8 Å². The molecule has 2 amide bonds. The molecule has 0 aromatic heterocycles. The molecule has 0 unspecified atom stereocenters. The summed E-state index contributed by atoms with van der Waals surface area (Å²) in [6, 6.07) is 11.1. The van der Waals surface area contributed by atoms with Crippen LogP contribution in [0.15, 0.2) is 40.9 Å². The van der Waals surface area contributed by atoms with Crippen molar-refractivity contribution >= 4 is 44.8 Å². The minimum atomic E-state index is -0.192. The van der Waals surface area contributed by atoms with E-state index in [0.717, 1.165) is 40.8 Å². The smallest absolute Gasteiger partial charge is 0.255 e. The molecule has 0 radical (unpaired) electrons. The third-order valence-electron chi connectivity index (χ3n) is 4.80. The Morgan fingerprint density at radius 3 is 2.92 bits per heavy atom. The number of hydrogen-bond acceptors (Lipinski definition) is 3. The largest absolute Gasteiger partial charge is 0.358 e. The van der Waals surface area contributed by atoms with Crippen LogP contribution in [-0.2, 0) is 4.79 Å². The van der Waals surface area contributed by atoms with Crippen molar-refractivity contribution in [3.63, 3.8) is 0 Å². The predicted molar refractivity (Wildman–Crippen MR) is 102 cm³/mol. The summed E-state index contributed by atoms with van der Waals surface area (Å²) in [4.78, 5) is 26.9. The molecule has 0 spiro atoms. The van der Waals surface area contributed by atoms with E-state index in [0.29, 0.717) is 11.3 Å². The highest BCUT2D eigenvalue weighted by molar-refractivity contribution is 9.10. The van der Waals surface area contributed by atoms with Crippen molar-refractivity contribution in [2.24, 2.45) is 0 Å². The van der Waals surface area contributed by atoms with Gasteiger partial charge in [-0.3, -0.25) is 9.59 Å². The van der Waals surface area contributed by atoms with E-state index >= 15 is 0 Å². The first-order chi connectivity index (χ1) is 12.0. The van der Waals surface area contributed by atoms with Crippen LogP contribution in [0.25, 0.3) is 0 Å². The standard InChI is InChI=1S/C19H18BrN3O2/c1-11-9-13(5-6-14(11)20)21-18(24)12-4-7-16-15(10-12)22-19(25)17-3-2-8-23(16)17/h4-7,9-10,17H,2-3,8H2,1H3,(H,21,24)(H,22,25)/t17-/m0/s1. The van der Waals surface area contributed by atoms with E-state index in [-0.39, 0.29) is 17.9 Å². The summed E-state index contributed by atoms with van der Waals surface area (Å²) in [7, 11) is 0. The van der Waals surface area contributed by atoms with Crippen LogP contribution in [0, 0.1) is 6.92 Å². The molecule has 0 aliphatic carbocycles. The van der Waals surface area contributed by atoms with Crippen molar-refractivity contribution in [3.05, 3.63) is 52.0 Å². The Balaban J connectivity index is 1.59. The summed E-state index contributed by atoms with van der Waals surface area (Å²) in [5.74, 6) is -0.173. The topological polar surface area (TPSA) is 61.4 Å². The molecule has 0 saturated carbocycles. The number of carbonyl (C=O) groups is 2. The third-order valence-corrected chi connectivity index (χ3v) is 5.69. The molecule has 25 heavy (non-hydrogen) atoms. The van der Waals surface area contributed by atoms with Crippen molar-refractivity contribution in [1.29, 1.82) is 0 Å². The van der Waals surface area contributed by atoms with Crippen molar-refractivity contribution < 1.29 is 9.59 Å². The number of nitrogens with one attached hydrogen (secondary N) is 2. The van der Waals surface area contributed by atoms with Crippen LogP contribution >= 0.6 is 15.9 Å². The number of nitrogens with zero attached hydrogens (tertiary/aromatic N) is 1. The Bertz CT molecular complexity index is 881. The summed E-state index contributed by atoms with van der Waals surface area (Å²) in [5, 5.41) is 5.84. The number of anilines is 3. The highest BCUT2D eigenvalue weighted by Crippen LogP contribution is 2.37. The van der Waals surface area contributed by atoms with Crippen LogP contribution in [0.2, 0.25) is 0 Å². The van der Waals surface area contributed by atoms with Gasteiger partial charge in [0.25, 0.3) is 5.91 Å². The second-order valence-electron chi connectivity index (χ2n) is 6.49. The quantitative estimate of drug-likeness (QED) is 0.803. The first-order valence-electron chi connectivity index (χ1n) is 8.32. The molecule has 5 nitrogen and oxygen atoms in total. The van der Waals surface area contributed by atoms with Gasteiger partial charge in [0.1, 0.15) is 6.04 Å². The summed E-state index contributed by atoms with van der Waals surface area (Å²) < 4.78 is 1.00. The summed E-state index contributed by atoms with van der Waals surface area (Å²) in [6.07, 6.45) is 1.90. The maximum Gasteiger partial charge on any atom is 0.255 e. The second kappa shape index (κ2) is 6.19. The minimum absolute atomic E-state index is 0.0195. The zero-order chi connectivity index (χ0) is 17.6. The van der Waals surface area contributed by atoms with E-state index < -0.39 is 0 Å². The van der Waals surface area contributed by atoms with Crippen molar-refractivity contribution in [1.82, 2.24) is 0 Å². The summed E-state index contributed by atoms with van der Waals surface area (Å²) in [6.45, 7) is 2.86. The molecular formula is C19H18BrN3O2. The molecule has 128 valence electrons. The fourth-order valence-corrected chi connectivity index (χ4v) is 3.74. The van der Waals surface area contributed by atoms with Crippen LogP contribution in [0.4, 0.5) is 17.1 Å². The van der Waals surface area contributed by atoms with Crippen LogP contribution < -0.4 is 15.5 Å². The number of rotatable bonds is 2. The van der Waals surface area contributed by atoms with E-state index in [9.17, 15) is 9.59 Å². The number of halogens is 1. The van der Waals surface area contributed by atoms with E-state index in [2.05, 4.69) is 31.5 Å². The molecule has 4 rings (SSSR count). The highest BCUT2D eigenvalue weighted by atomic mass is 79.9. The monoisotopic (exact) mass is 399 g/mol. The van der Waals surface area contributed by atoms with Crippen LogP contribution in [0.3, 0.4) is 0 Å². The van der Waals surface area contributed by atoms with E-state index in [4.69, 9.17) is 0 Å². The maximum absolute atomic E-state index is 12.6. The Kier molecular flexibility index (Phi) is 4.00. The number of carbonyl (C=O) groups excluding carboxylic acids is 2. The second-order valence-corrected chi connectivity index (χ2v) is 7.35. The first-order valence-corrected chi connectivity index (χ1v) is 9.11. The lowest BCUT2D eigenvalue weighted by molar-refractivity contribution is -0.117. The van der Waals surface area contributed by atoms with Gasteiger partial charge in [0.05, 0.1) is 11.4 Å². The molecule has 1 fully saturated rings. The Hall–Kier alpha value is -2.34. The average molecular weight is 400 g/mol. The third kappa shape index (κ3) is 2.91. The molecule has 2 aliphatic heterocycles. The molecule has 1 atom stereocenters. The SMILES string of the molecule is Cc1cc(NC(=O)c2ccc3c(c2)NC(=O)[C@@H]2CCCN32)ccc1Br. The number of fused-ring (bicyclic) bond motifs is 3. The molecule has 2 aromatic rings. The molecule has 2 N–H and O–H groups in total. The lowest BCUT2D eigenvalue weighted by Crippen LogP contribution is -2.43. The lowest BCUT2D eigenvalue weighted by Gasteiger charge is -2.33. The zero-order valence-corrected chi connectivity index (χ0v) is 15.4. The van der Waals surface area contributed by atoms with Gasteiger partial charge in [-0.05, 0) is 61.7 Å². The van der Waals surface area contributed by atoms with E-state index in [1.807, 2.05) is 37.3 Å². The maximum atomic E-state index is 12.6. The van der Waals surface area contributed by atoms with Gasteiger partial charge < -0.3 is 15.5 Å². The normalized spacial score (nSPS) is 18.4. The van der Waals surface area contributed by atoms with Gasteiger partial charge in [0.15, 0.2) is 0 Å². The van der Waals surface area contributed by atoms with Gasteiger partial charge in [-0.25, -0.2) is 0 Å². The fraction of sp³-hybridized carbons (Fsp3) is 0.263. The number of hydrogen-bond donors (Lipinski definition) is 2. The fourth-order valence-electron chi connectivity index (χ4n) is 3.50. The average Bonchev–Trinajstić information content (AvgIpc) is 3.08. The van der Waals surface area contributed by atoms with Crippen molar-refractivity contribution in [3.8, 4) is 0 Å². The van der Waals surface area contributed by atoms with Crippen LogP contribution in [0.1, 0.15) is 28.8 Å². The van der Waals surface area contributed by atoms with Gasteiger partial charge >= 0.3 is 0 Å². The highest BCUT2D eigenvalue weighted by Gasteiger charge is 2.36. The lowest BCUT2D eigenvalue weighted by atomic mass is 10.1. The molecule has 2 aromatic carbocycles. The van der Waals surface area contributed by atoms with Gasteiger partial charge in [-0.2, -0.15) is 0 Å². The predicted octanol–water partition coefficient (Wildman–Crippen LogP) is 3.93. The van der Waals surface area contributed by atoms with Gasteiger partial charge in [0.2, 0.25) is 5.91 Å². The number of aryl methyl sites for hydroxylation is 1. The van der Waals surface area contributed by atoms with E-state index in [1.54, 1.807) is 6.07 Å². The van der Waals surface area contributed by atoms with Gasteiger partial charge in [-0.1, -0.05) is 15.9 Å². The number of benzene rings is 2. The first kappa shape index (κ1) is 16.1. The molecule has 2 aliphatic rings. The minimum Gasteiger partial charge on any atom is -0.358 e.